The Morgan fingerprint density at radius 2 is 2.00 bits per heavy atom. The van der Waals surface area contributed by atoms with Gasteiger partial charge in [0.1, 0.15) is 5.69 Å². The molecule has 1 aromatic heterocycles. The molecule has 0 bridgehead atoms. The fourth-order valence-corrected chi connectivity index (χ4v) is 4.88. The van der Waals surface area contributed by atoms with Crippen molar-refractivity contribution in [1.29, 1.82) is 0 Å². The smallest absolute Gasteiger partial charge is 0.338 e. The van der Waals surface area contributed by atoms with Crippen molar-refractivity contribution in [1.82, 2.24) is 15.1 Å². The van der Waals surface area contributed by atoms with E-state index < -0.39 is 5.97 Å². The van der Waals surface area contributed by atoms with Crippen molar-refractivity contribution in [2.24, 2.45) is 11.3 Å². The minimum Gasteiger partial charge on any atom is -0.462 e. The van der Waals surface area contributed by atoms with Crippen LogP contribution in [0.15, 0.2) is 24.3 Å². The molecule has 4 rings (SSSR count). The zero-order chi connectivity index (χ0) is 24.3. The molecule has 2 aliphatic heterocycles. The molecule has 1 spiro atoms. The van der Waals surface area contributed by atoms with Gasteiger partial charge in [-0.25, -0.2) is 4.79 Å². The van der Waals surface area contributed by atoms with Crippen molar-refractivity contribution in [2.75, 3.05) is 26.4 Å². The van der Waals surface area contributed by atoms with E-state index in [1.54, 1.807) is 28.9 Å². The Labute approximate surface area is 200 Å². The van der Waals surface area contributed by atoms with E-state index in [9.17, 15) is 14.4 Å². The zero-order valence-electron chi connectivity index (χ0n) is 20.2. The largest absolute Gasteiger partial charge is 0.462 e. The third-order valence-corrected chi connectivity index (χ3v) is 6.92. The molecule has 182 valence electrons. The summed E-state index contributed by atoms with van der Waals surface area (Å²) in [5.41, 5.74) is 3.42. The first-order chi connectivity index (χ1) is 16.3. The molecule has 3 heterocycles. The van der Waals surface area contributed by atoms with Crippen molar-refractivity contribution >= 4 is 17.7 Å². The molecular formula is C26H33N3O5. The summed E-state index contributed by atoms with van der Waals surface area (Å²) in [5, 5.41) is 7.91. The van der Waals surface area contributed by atoms with E-state index in [0.717, 1.165) is 30.5 Å². The van der Waals surface area contributed by atoms with Gasteiger partial charge in [-0.3, -0.25) is 14.3 Å². The van der Waals surface area contributed by atoms with E-state index in [0.29, 0.717) is 49.5 Å². The molecule has 2 aromatic rings. The molecule has 1 fully saturated rings. The average molecular weight is 468 g/mol. The molecule has 1 amide bonds. The number of esters is 1. The lowest BCUT2D eigenvalue weighted by Crippen LogP contribution is -2.40. The van der Waals surface area contributed by atoms with E-state index >= 15 is 0 Å². The second-order valence-corrected chi connectivity index (χ2v) is 9.61. The summed E-state index contributed by atoms with van der Waals surface area (Å²) < 4.78 is 12.9. The molecule has 1 saturated heterocycles. The molecule has 34 heavy (non-hydrogen) atoms. The highest BCUT2D eigenvalue weighted by Crippen LogP contribution is 2.38. The number of nitrogens with one attached hydrogen (secondary N) is 1. The van der Waals surface area contributed by atoms with Crippen LogP contribution >= 0.6 is 0 Å². The molecule has 1 aromatic carbocycles. The molecule has 2 aliphatic rings. The number of hydrogen-bond acceptors (Lipinski definition) is 6. The van der Waals surface area contributed by atoms with Crippen LogP contribution in [0.5, 0.6) is 0 Å². The Hall–Kier alpha value is -3.00. The SMILES string of the molecule is CCn1nc(CC(C)COC(=O)c2cccc(C(C)=O)c2)c2c1C(=O)NCC1(CCOCC1)C2. The van der Waals surface area contributed by atoms with Crippen LogP contribution < -0.4 is 5.32 Å². The number of Topliss-reactive ketones (excluding diaryl/α,β-unsaturated/α-hetero) is 1. The Bertz CT molecular complexity index is 1080. The molecule has 8 heteroatoms. The number of ketones is 1. The van der Waals surface area contributed by atoms with Crippen LogP contribution in [-0.2, 0) is 28.9 Å². The number of rotatable bonds is 7. The van der Waals surface area contributed by atoms with Crippen LogP contribution in [0, 0.1) is 11.3 Å². The molecule has 1 N–H and O–H groups in total. The Morgan fingerprint density at radius 1 is 1.26 bits per heavy atom. The summed E-state index contributed by atoms with van der Waals surface area (Å²) in [4.78, 5) is 37.1. The fourth-order valence-electron chi connectivity index (χ4n) is 4.88. The number of nitrogens with zero attached hydrogens (tertiary/aromatic N) is 2. The monoisotopic (exact) mass is 467 g/mol. The Morgan fingerprint density at radius 3 is 2.71 bits per heavy atom. The van der Waals surface area contributed by atoms with Gasteiger partial charge in [-0.15, -0.1) is 0 Å². The van der Waals surface area contributed by atoms with Crippen molar-refractivity contribution in [3.63, 3.8) is 0 Å². The van der Waals surface area contributed by atoms with Gasteiger partial charge in [0, 0.05) is 37.4 Å². The Kier molecular flexibility index (Phi) is 7.16. The topological polar surface area (TPSA) is 99.5 Å². The number of amides is 1. The lowest BCUT2D eigenvalue weighted by molar-refractivity contribution is 0.0160. The third kappa shape index (κ3) is 5.06. The van der Waals surface area contributed by atoms with Crippen LogP contribution in [-0.4, -0.2) is 53.8 Å². The molecule has 1 atom stereocenters. The lowest BCUT2D eigenvalue weighted by atomic mass is 9.75. The van der Waals surface area contributed by atoms with Crippen LogP contribution in [0.1, 0.15) is 76.1 Å². The summed E-state index contributed by atoms with van der Waals surface area (Å²) >= 11 is 0. The van der Waals surface area contributed by atoms with Gasteiger partial charge >= 0.3 is 5.97 Å². The molecule has 1 unspecified atom stereocenters. The van der Waals surface area contributed by atoms with Gasteiger partial charge in [0.2, 0.25) is 0 Å². The first-order valence-electron chi connectivity index (χ1n) is 12.0. The van der Waals surface area contributed by atoms with E-state index in [4.69, 9.17) is 14.6 Å². The van der Waals surface area contributed by atoms with Crippen molar-refractivity contribution in [3.05, 3.63) is 52.3 Å². The van der Waals surface area contributed by atoms with E-state index in [1.165, 1.54) is 6.92 Å². The van der Waals surface area contributed by atoms with E-state index in [-0.39, 0.29) is 29.6 Å². The van der Waals surface area contributed by atoms with Crippen LogP contribution in [0.2, 0.25) is 0 Å². The van der Waals surface area contributed by atoms with Gasteiger partial charge in [0.25, 0.3) is 5.91 Å². The van der Waals surface area contributed by atoms with Crippen molar-refractivity contribution < 1.29 is 23.9 Å². The summed E-state index contributed by atoms with van der Waals surface area (Å²) in [6.45, 7) is 8.37. The normalized spacial score (nSPS) is 18.0. The van der Waals surface area contributed by atoms with Gasteiger partial charge in [-0.1, -0.05) is 19.1 Å². The van der Waals surface area contributed by atoms with E-state index in [1.807, 2.05) is 13.8 Å². The quantitative estimate of drug-likeness (QED) is 0.496. The standard InChI is InChI=1S/C26H33N3O5/c1-4-29-23-21(14-26(16-27-24(23)31)8-10-33-11-9-26)22(28-29)12-17(2)15-34-25(32)20-7-5-6-19(13-20)18(3)30/h5-7,13,17H,4,8-12,14-16H2,1-3H3,(H,27,31). The van der Waals surface area contributed by atoms with Crippen LogP contribution in [0.4, 0.5) is 0 Å². The second-order valence-electron chi connectivity index (χ2n) is 9.61. The molecule has 0 saturated carbocycles. The highest BCUT2D eigenvalue weighted by atomic mass is 16.5. The van der Waals surface area contributed by atoms with E-state index in [2.05, 4.69) is 5.32 Å². The highest BCUT2D eigenvalue weighted by molar-refractivity contribution is 5.97. The van der Waals surface area contributed by atoms with Gasteiger partial charge in [0.15, 0.2) is 5.78 Å². The number of fused-ring (bicyclic) bond motifs is 1. The van der Waals surface area contributed by atoms with Crippen LogP contribution in [0.25, 0.3) is 0 Å². The zero-order valence-corrected chi connectivity index (χ0v) is 20.2. The third-order valence-electron chi connectivity index (χ3n) is 6.92. The maximum absolute atomic E-state index is 13.0. The first kappa shape index (κ1) is 24.1. The first-order valence-corrected chi connectivity index (χ1v) is 12.0. The van der Waals surface area contributed by atoms with Gasteiger partial charge in [0.05, 0.1) is 17.9 Å². The second kappa shape index (κ2) is 10.1. The molecular weight excluding hydrogens is 434 g/mol. The number of benzene rings is 1. The van der Waals surface area contributed by atoms with Gasteiger partial charge in [-0.05, 0) is 63.0 Å². The van der Waals surface area contributed by atoms with Crippen LogP contribution in [0.3, 0.4) is 0 Å². The number of ether oxygens (including phenoxy) is 2. The van der Waals surface area contributed by atoms with Gasteiger partial charge in [-0.2, -0.15) is 5.10 Å². The maximum Gasteiger partial charge on any atom is 0.338 e. The Balaban J connectivity index is 1.48. The van der Waals surface area contributed by atoms with Crippen molar-refractivity contribution in [2.45, 2.75) is 53.0 Å². The fraction of sp³-hybridized carbons (Fsp3) is 0.538. The minimum atomic E-state index is -0.451. The van der Waals surface area contributed by atoms with Crippen molar-refractivity contribution in [3.8, 4) is 0 Å². The number of carbonyl (C=O) groups excluding carboxylic acids is 3. The summed E-state index contributed by atoms with van der Waals surface area (Å²) in [6, 6.07) is 6.57. The predicted molar refractivity (Wildman–Crippen MR) is 126 cm³/mol. The number of aromatic nitrogens is 2. The molecule has 0 aliphatic carbocycles. The molecule has 8 nitrogen and oxygen atoms in total. The summed E-state index contributed by atoms with van der Waals surface area (Å²) in [7, 11) is 0. The summed E-state index contributed by atoms with van der Waals surface area (Å²) in [6.07, 6.45) is 3.23. The molecule has 0 radical (unpaired) electrons. The predicted octanol–water partition coefficient (Wildman–Crippen LogP) is 3.22. The lowest BCUT2D eigenvalue weighted by Gasteiger charge is -2.36. The number of aryl methyl sites for hydroxylation is 1. The van der Waals surface area contributed by atoms with Gasteiger partial charge < -0.3 is 14.8 Å². The highest BCUT2D eigenvalue weighted by Gasteiger charge is 2.39. The number of hydrogen-bond donors (Lipinski definition) is 1. The average Bonchev–Trinajstić information content (AvgIpc) is 3.11. The minimum absolute atomic E-state index is 0.00700. The number of carbonyl (C=O) groups is 3. The summed E-state index contributed by atoms with van der Waals surface area (Å²) in [5.74, 6) is -0.598. The maximum atomic E-state index is 13.0.